The van der Waals surface area contributed by atoms with Crippen LogP contribution in [-0.2, 0) is 11.2 Å². The minimum atomic E-state index is -0.262. The Hall–Kier alpha value is -1.42. The zero-order valence-electron chi connectivity index (χ0n) is 9.37. The highest BCUT2D eigenvalue weighted by atomic mass is 19.1. The highest BCUT2D eigenvalue weighted by Gasteiger charge is 2.05. The molecule has 0 heterocycles. The number of benzene rings is 1. The molecule has 1 amide bonds. The number of amides is 1. The lowest BCUT2D eigenvalue weighted by Gasteiger charge is -2.07. The van der Waals surface area contributed by atoms with Crippen molar-refractivity contribution >= 4 is 5.91 Å². The largest absolute Gasteiger partial charge is 0.355 e. The Morgan fingerprint density at radius 3 is 2.81 bits per heavy atom. The molecule has 0 radical (unpaired) electrons. The van der Waals surface area contributed by atoms with Gasteiger partial charge in [0.2, 0.25) is 5.91 Å². The number of hydrogen-bond acceptors (Lipinski definition) is 2. The van der Waals surface area contributed by atoms with Gasteiger partial charge in [-0.25, -0.2) is 4.39 Å². The van der Waals surface area contributed by atoms with Gasteiger partial charge in [0.15, 0.2) is 0 Å². The lowest BCUT2D eigenvalue weighted by molar-refractivity contribution is -0.121. The van der Waals surface area contributed by atoms with E-state index in [-0.39, 0.29) is 24.2 Å². The first-order valence-electron chi connectivity index (χ1n) is 5.35. The van der Waals surface area contributed by atoms with Gasteiger partial charge in [-0.05, 0) is 25.0 Å². The topological polar surface area (TPSA) is 55.1 Å². The maximum absolute atomic E-state index is 13.2. The van der Waals surface area contributed by atoms with Crippen molar-refractivity contribution < 1.29 is 9.18 Å². The van der Waals surface area contributed by atoms with E-state index >= 15 is 0 Å². The summed E-state index contributed by atoms with van der Waals surface area (Å²) in [6.45, 7) is 2.27. The number of carbonyl (C=O) groups is 1. The number of halogens is 1. The summed E-state index contributed by atoms with van der Waals surface area (Å²) in [4.78, 5) is 11.3. The fourth-order valence-corrected chi connectivity index (χ4v) is 1.31. The van der Waals surface area contributed by atoms with Crippen molar-refractivity contribution in [3.63, 3.8) is 0 Å². The minimum Gasteiger partial charge on any atom is -0.355 e. The molecule has 0 aliphatic rings. The second kappa shape index (κ2) is 6.23. The summed E-state index contributed by atoms with van der Waals surface area (Å²) in [5.74, 6) is -0.358. The number of nitrogens with two attached hydrogens (primary N) is 1. The van der Waals surface area contributed by atoms with Crippen LogP contribution in [0.4, 0.5) is 4.39 Å². The molecule has 0 spiro atoms. The maximum atomic E-state index is 13.2. The predicted molar refractivity (Wildman–Crippen MR) is 61.4 cm³/mol. The first kappa shape index (κ1) is 12.6. The standard InChI is InChI=1S/C12H17FN2O/c1-9(14)8-15-12(16)7-6-10-4-2-3-5-11(10)13/h2-5,9H,6-8,14H2,1H3,(H,15,16). The number of hydrogen-bond donors (Lipinski definition) is 2. The Kier molecular flexibility index (Phi) is 4.92. The highest BCUT2D eigenvalue weighted by Crippen LogP contribution is 2.08. The van der Waals surface area contributed by atoms with E-state index in [9.17, 15) is 9.18 Å². The lowest BCUT2D eigenvalue weighted by Crippen LogP contribution is -2.35. The Morgan fingerprint density at radius 1 is 1.50 bits per heavy atom. The van der Waals surface area contributed by atoms with E-state index in [1.165, 1.54) is 6.07 Å². The molecule has 3 N–H and O–H groups in total. The van der Waals surface area contributed by atoms with E-state index in [0.29, 0.717) is 18.5 Å². The normalized spacial score (nSPS) is 12.2. The molecule has 1 atom stereocenters. The van der Waals surface area contributed by atoms with E-state index in [1.807, 2.05) is 6.92 Å². The molecule has 3 nitrogen and oxygen atoms in total. The van der Waals surface area contributed by atoms with Gasteiger partial charge in [0, 0.05) is 19.0 Å². The van der Waals surface area contributed by atoms with Gasteiger partial charge in [0.1, 0.15) is 5.82 Å². The van der Waals surface area contributed by atoms with E-state index in [1.54, 1.807) is 18.2 Å². The quantitative estimate of drug-likeness (QED) is 0.790. The summed E-state index contributed by atoms with van der Waals surface area (Å²) >= 11 is 0. The molecule has 0 fully saturated rings. The maximum Gasteiger partial charge on any atom is 0.220 e. The summed E-state index contributed by atoms with van der Waals surface area (Å²) < 4.78 is 13.2. The summed E-state index contributed by atoms with van der Waals surface area (Å²) in [7, 11) is 0. The van der Waals surface area contributed by atoms with E-state index in [4.69, 9.17) is 5.73 Å². The van der Waals surface area contributed by atoms with Crippen LogP contribution < -0.4 is 11.1 Å². The van der Waals surface area contributed by atoms with Gasteiger partial charge in [-0.15, -0.1) is 0 Å². The third-order valence-electron chi connectivity index (χ3n) is 2.20. The van der Waals surface area contributed by atoms with Crippen LogP contribution in [0.3, 0.4) is 0 Å². The van der Waals surface area contributed by atoms with Gasteiger partial charge >= 0.3 is 0 Å². The fourth-order valence-electron chi connectivity index (χ4n) is 1.31. The second-order valence-electron chi connectivity index (χ2n) is 3.87. The Balaban J connectivity index is 2.35. The lowest BCUT2D eigenvalue weighted by atomic mass is 10.1. The average molecular weight is 224 g/mol. The van der Waals surface area contributed by atoms with Crippen LogP contribution in [0.25, 0.3) is 0 Å². The van der Waals surface area contributed by atoms with Crippen LogP contribution in [0.15, 0.2) is 24.3 Å². The molecule has 1 aromatic carbocycles. The van der Waals surface area contributed by atoms with Crippen LogP contribution in [0.5, 0.6) is 0 Å². The highest BCUT2D eigenvalue weighted by molar-refractivity contribution is 5.76. The van der Waals surface area contributed by atoms with Gasteiger partial charge in [-0.3, -0.25) is 4.79 Å². The Morgan fingerprint density at radius 2 is 2.19 bits per heavy atom. The van der Waals surface area contributed by atoms with Crippen molar-refractivity contribution in [3.05, 3.63) is 35.6 Å². The van der Waals surface area contributed by atoms with Crippen LogP contribution in [0, 0.1) is 5.82 Å². The van der Waals surface area contributed by atoms with Crippen molar-refractivity contribution in [2.75, 3.05) is 6.54 Å². The average Bonchev–Trinajstić information content (AvgIpc) is 2.25. The molecule has 0 saturated carbocycles. The smallest absolute Gasteiger partial charge is 0.220 e. The number of aryl methyl sites for hydroxylation is 1. The third kappa shape index (κ3) is 4.40. The number of carbonyl (C=O) groups excluding carboxylic acids is 1. The third-order valence-corrected chi connectivity index (χ3v) is 2.20. The van der Waals surface area contributed by atoms with Gasteiger partial charge in [0.25, 0.3) is 0 Å². The summed E-state index contributed by atoms with van der Waals surface area (Å²) in [6.07, 6.45) is 0.700. The van der Waals surface area contributed by atoms with Gasteiger partial charge in [0.05, 0.1) is 0 Å². The zero-order chi connectivity index (χ0) is 12.0. The van der Waals surface area contributed by atoms with Crippen molar-refractivity contribution in [1.82, 2.24) is 5.32 Å². The molecule has 0 saturated heterocycles. The molecule has 0 aliphatic heterocycles. The Bertz CT molecular complexity index is 353. The van der Waals surface area contributed by atoms with E-state index in [2.05, 4.69) is 5.32 Å². The molecule has 1 unspecified atom stereocenters. The molecule has 0 aliphatic carbocycles. The molecule has 0 bridgehead atoms. The SMILES string of the molecule is CC(N)CNC(=O)CCc1ccccc1F. The molecule has 1 rings (SSSR count). The van der Waals surface area contributed by atoms with Crippen molar-refractivity contribution in [1.29, 1.82) is 0 Å². The molecule has 0 aromatic heterocycles. The molecule has 4 heteroatoms. The molecule has 1 aromatic rings. The monoisotopic (exact) mass is 224 g/mol. The summed E-state index contributed by atoms with van der Waals surface area (Å²) in [5, 5.41) is 2.69. The zero-order valence-corrected chi connectivity index (χ0v) is 9.37. The molecule has 88 valence electrons. The molecular weight excluding hydrogens is 207 g/mol. The first-order chi connectivity index (χ1) is 7.59. The summed E-state index contributed by atoms with van der Waals surface area (Å²) in [5.41, 5.74) is 6.07. The fraction of sp³-hybridized carbons (Fsp3) is 0.417. The summed E-state index contributed by atoms with van der Waals surface area (Å²) in [6, 6.07) is 6.42. The molecule has 16 heavy (non-hydrogen) atoms. The van der Waals surface area contributed by atoms with Crippen LogP contribution in [-0.4, -0.2) is 18.5 Å². The van der Waals surface area contributed by atoms with Crippen molar-refractivity contribution in [2.24, 2.45) is 5.73 Å². The van der Waals surface area contributed by atoms with Gasteiger partial charge in [-0.2, -0.15) is 0 Å². The number of rotatable bonds is 5. The first-order valence-corrected chi connectivity index (χ1v) is 5.35. The Labute approximate surface area is 94.8 Å². The van der Waals surface area contributed by atoms with Crippen LogP contribution >= 0.6 is 0 Å². The van der Waals surface area contributed by atoms with Gasteiger partial charge < -0.3 is 11.1 Å². The van der Waals surface area contributed by atoms with E-state index in [0.717, 1.165) is 0 Å². The van der Waals surface area contributed by atoms with Crippen LogP contribution in [0.1, 0.15) is 18.9 Å². The minimum absolute atomic E-state index is 0.0580. The number of nitrogens with one attached hydrogen (secondary N) is 1. The predicted octanol–water partition coefficient (Wildman–Crippen LogP) is 1.22. The second-order valence-corrected chi connectivity index (χ2v) is 3.87. The van der Waals surface area contributed by atoms with Gasteiger partial charge in [-0.1, -0.05) is 18.2 Å². The molecular formula is C12H17FN2O. The van der Waals surface area contributed by atoms with Crippen LogP contribution in [0.2, 0.25) is 0 Å². The van der Waals surface area contributed by atoms with Crippen molar-refractivity contribution in [2.45, 2.75) is 25.8 Å². The van der Waals surface area contributed by atoms with Crippen molar-refractivity contribution in [3.8, 4) is 0 Å². The van der Waals surface area contributed by atoms with E-state index < -0.39 is 0 Å².